The fraction of sp³-hybridized carbons (Fsp3) is 0.333. The van der Waals surface area contributed by atoms with E-state index in [-0.39, 0.29) is 11.6 Å². The van der Waals surface area contributed by atoms with E-state index in [1.165, 1.54) is 17.4 Å². The molecule has 1 aliphatic rings. The monoisotopic (exact) mass is 375 g/mol. The van der Waals surface area contributed by atoms with E-state index < -0.39 is 11.7 Å². The Morgan fingerprint density at radius 3 is 2.52 bits per heavy atom. The van der Waals surface area contributed by atoms with Gasteiger partial charge in [-0.15, -0.1) is 11.3 Å². The summed E-state index contributed by atoms with van der Waals surface area (Å²) in [6, 6.07) is 7.80. The van der Waals surface area contributed by atoms with Crippen LogP contribution in [-0.2, 0) is 6.18 Å². The van der Waals surface area contributed by atoms with Gasteiger partial charge in [-0.1, -0.05) is 22.0 Å². The highest BCUT2D eigenvalue weighted by Crippen LogP contribution is 2.45. The van der Waals surface area contributed by atoms with Crippen LogP contribution in [0.4, 0.5) is 13.2 Å². The second kappa shape index (κ2) is 5.41. The summed E-state index contributed by atoms with van der Waals surface area (Å²) in [5.41, 5.74) is 5.71. The molecule has 0 saturated heterocycles. The van der Waals surface area contributed by atoms with Crippen LogP contribution in [0.2, 0.25) is 0 Å². The molecule has 1 saturated carbocycles. The molecule has 2 aromatic rings. The minimum atomic E-state index is -4.37. The molecule has 1 aromatic carbocycles. The molecule has 21 heavy (non-hydrogen) atoms. The first kappa shape index (κ1) is 15.1. The molecule has 6 heteroatoms. The van der Waals surface area contributed by atoms with E-state index in [0.717, 1.165) is 23.8 Å². The molecular weight excluding hydrogens is 363 g/mol. The Morgan fingerprint density at radius 1 is 1.19 bits per heavy atom. The fourth-order valence-electron chi connectivity index (χ4n) is 2.33. The Labute approximate surface area is 133 Å². The molecule has 1 aliphatic carbocycles. The predicted octanol–water partition coefficient (Wildman–Crippen LogP) is 5.61. The van der Waals surface area contributed by atoms with E-state index in [0.29, 0.717) is 15.3 Å². The first-order valence-corrected chi connectivity index (χ1v) is 8.19. The lowest BCUT2D eigenvalue weighted by Crippen LogP contribution is -2.10. The van der Waals surface area contributed by atoms with Crippen molar-refractivity contribution in [2.24, 2.45) is 11.7 Å². The van der Waals surface area contributed by atoms with Gasteiger partial charge in [-0.25, -0.2) is 0 Å². The molecule has 2 N–H and O–H groups in total. The van der Waals surface area contributed by atoms with Crippen LogP contribution in [-0.4, -0.2) is 0 Å². The third-order valence-electron chi connectivity index (χ3n) is 3.64. The third-order valence-corrected chi connectivity index (χ3v) is 5.35. The summed E-state index contributed by atoms with van der Waals surface area (Å²) in [5.74, 6) is 0.489. The van der Waals surface area contributed by atoms with Gasteiger partial charge in [0.05, 0.1) is 5.56 Å². The van der Waals surface area contributed by atoms with Crippen molar-refractivity contribution >= 4 is 27.3 Å². The zero-order chi connectivity index (χ0) is 15.2. The van der Waals surface area contributed by atoms with E-state index >= 15 is 0 Å². The molecule has 1 aromatic heterocycles. The number of rotatable bonds is 3. The Hall–Kier alpha value is -0.850. The van der Waals surface area contributed by atoms with Crippen molar-refractivity contribution in [1.29, 1.82) is 0 Å². The van der Waals surface area contributed by atoms with Crippen molar-refractivity contribution in [3.63, 3.8) is 0 Å². The topological polar surface area (TPSA) is 26.0 Å². The predicted molar refractivity (Wildman–Crippen MR) is 82.1 cm³/mol. The summed E-state index contributed by atoms with van der Waals surface area (Å²) >= 11 is 4.46. The fourth-order valence-corrected chi connectivity index (χ4v) is 3.83. The Balaban J connectivity index is 2.00. The molecule has 1 heterocycles. The van der Waals surface area contributed by atoms with E-state index in [9.17, 15) is 13.2 Å². The van der Waals surface area contributed by atoms with Crippen LogP contribution in [0.15, 0.2) is 34.8 Å². The van der Waals surface area contributed by atoms with Crippen molar-refractivity contribution < 1.29 is 13.2 Å². The van der Waals surface area contributed by atoms with Gasteiger partial charge in [0.25, 0.3) is 0 Å². The summed E-state index contributed by atoms with van der Waals surface area (Å²) in [6.07, 6.45) is -2.15. The quantitative estimate of drug-likeness (QED) is 0.741. The number of thiophene rings is 1. The second-order valence-corrected chi connectivity index (χ2v) is 7.28. The summed E-state index contributed by atoms with van der Waals surface area (Å²) in [4.78, 5) is 1.57. The van der Waals surface area contributed by atoms with E-state index in [2.05, 4.69) is 15.9 Å². The molecule has 1 atom stereocenters. The molecule has 1 nitrogen and oxygen atoms in total. The molecule has 0 spiro atoms. The molecule has 0 aliphatic heterocycles. The maximum atomic E-state index is 13.2. The molecule has 0 amide bonds. The molecule has 3 rings (SSSR count). The van der Waals surface area contributed by atoms with Crippen LogP contribution < -0.4 is 5.73 Å². The van der Waals surface area contributed by atoms with Crippen LogP contribution in [0.3, 0.4) is 0 Å². The van der Waals surface area contributed by atoms with Crippen molar-refractivity contribution in [2.75, 3.05) is 0 Å². The van der Waals surface area contributed by atoms with Crippen molar-refractivity contribution in [1.82, 2.24) is 0 Å². The molecule has 0 bridgehead atoms. The standard InChI is InChI=1S/C15H13BrF3NS/c16-9-3-4-10(11(7-9)15(17,18)19)12-5-6-13(21-12)14(20)8-1-2-8/h3-8,14H,1-2,20H2. The van der Waals surface area contributed by atoms with Crippen LogP contribution in [0.25, 0.3) is 10.4 Å². The van der Waals surface area contributed by atoms with Gasteiger partial charge in [-0.3, -0.25) is 0 Å². The normalized spacial score (nSPS) is 17.0. The lowest BCUT2D eigenvalue weighted by atomic mass is 10.1. The Kier molecular flexibility index (Phi) is 3.88. The van der Waals surface area contributed by atoms with Gasteiger partial charge in [-0.2, -0.15) is 13.2 Å². The van der Waals surface area contributed by atoms with Gasteiger partial charge in [0.15, 0.2) is 0 Å². The lowest BCUT2D eigenvalue weighted by Gasteiger charge is -2.12. The number of alkyl halides is 3. The third kappa shape index (κ3) is 3.17. The SMILES string of the molecule is NC(c1ccc(-c2ccc(Br)cc2C(F)(F)F)s1)C1CC1. The number of hydrogen-bond acceptors (Lipinski definition) is 2. The summed E-state index contributed by atoms with van der Waals surface area (Å²) in [5, 5.41) is 0. The first-order chi connectivity index (χ1) is 9.86. The molecular formula is C15H13BrF3NS. The average Bonchev–Trinajstić information content (AvgIpc) is 3.15. The summed E-state index contributed by atoms with van der Waals surface area (Å²) in [6.45, 7) is 0. The lowest BCUT2D eigenvalue weighted by molar-refractivity contribution is -0.137. The van der Waals surface area contributed by atoms with Crippen molar-refractivity contribution in [3.05, 3.63) is 45.2 Å². The van der Waals surface area contributed by atoms with Crippen LogP contribution in [0.5, 0.6) is 0 Å². The van der Waals surface area contributed by atoms with Gasteiger partial charge in [-0.05, 0) is 43.0 Å². The highest BCUT2D eigenvalue weighted by atomic mass is 79.9. The first-order valence-electron chi connectivity index (χ1n) is 6.58. The summed E-state index contributed by atoms with van der Waals surface area (Å²) < 4.78 is 40.0. The Bertz CT molecular complexity index is 661. The molecule has 1 unspecified atom stereocenters. The average molecular weight is 376 g/mol. The van der Waals surface area contributed by atoms with Crippen LogP contribution in [0, 0.1) is 5.92 Å². The Morgan fingerprint density at radius 2 is 1.90 bits per heavy atom. The molecule has 112 valence electrons. The van der Waals surface area contributed by atoms with Gasteiger partial charge in [0.1, 0.15) is 0 Å². The molecule has 0 radical (unpaired) electrons. The van der Waals surface area contributed by atoms with Gasteiger partial charge >= 0.3 is 6.18 Å². The minimum absolute atomic E-state index is 0.0477. The van der Waals surface area contributed by atoms with Gasteiger partial charge in [0, 0.05) is 25.8 Å². The second-order valence-electron chi connectivity index (χ2n) is 5.25. The summed E-state index contributed by atoms with van der Waals surface area (Å²) in [7, 11) is 0. The maximum absolute atomic E-state index is 13.2. The highest BCUT2D eigenvalue weighted by Gasteiger charge is 2.35. The number of benzene rings is 1. The maximum Gasteiger partial charge on any atom is 0.417 e. The van der Waals surface area contributed by atoms with Crippen LogP contribution >= 0.6 is 27.3 Å². The van der Waals surface area contributed by atoms with Gasteiger partial charge < -0.3 is 5.73 Å². The van der Waals surface area contributed by atoms with E-state index in [1.807, 2.05) is 6.07 Å². The van der Waals surface area contributed by atoms with Crippen LogP contribution in [0.1, 0.15) is 29.3 Å². The molecule has 1 fully saturated rings. The highest BCUT2D eigenvalue weighted by molar-refractivity contribution is 9.10. The smallest absolute Gasteiger partial charge is 0.323 e. The number of nitrogens with two attached hydrogens (primary N) is 1. The van der Waals surface area contributed by atoms with E-state index in [4.69, 9.17) is 5.73 Å². The minimum Gasteiger partial charge on any atom is -0.323 e. The van der Waals surface area contributed by atoms with Crippen molar-refractivity contribution in [2.45, 2.75) is 25.1 Å². The zero-order valence-electron chi connectivity index (χ0n) is 11.0. The van der Waals surface area contributed by atoms with Gasteiger partial charge in [0.2, 0.25) is 0 Å². The number of halogens is 4. The van der Waals surface area contributed by atoms with Crippen molar-refractivity contribution in [3.8, 4) is 10.4 Å². The largest absolute Gasteiger partial charge is 0.417 e. The number of hydrogen-bond donors (Lipinski definition) is 1. The zero-order valence-corrected chi connectivity index (χ0v) is 13.4. The van der Waals surface area contributed by atoms with E-state index in [1.54, 1.807) is 12.1 Å².